The van der Waals surface area contributed by atoms with E-state index in [0.717, 1.165) is 0 Å². The van der Waals surface area contributed by atoms with Crippen LogP contribution in [0.3, 0.4) is 0 Å². The maximum Gasteiger partial charge on any atom is 0.339 e. The van der Waals surface area contributed by atoms with Crippen LogP contribution in [0.25, 0.3) is 0 Å². The van der Waals surface area contributed by atoms with E-state index in [1.54, 1.807) is 12.1 Å². The molecule has 6 nitrogen and oxygen atoms in total. The Kier molecular flexibility index (Phi) is 4.44. The van der Waals surface area contributed by atoms with E-state index >= 15 is 0 Å². The van der Waals surface area contributed by atoms with Gasteiger partial charge in [-0.25, -0.2) is 13.2 Å². The van der Waals surface area contributed by atoms with Crippen LogP contribution >= 0.6 is 0 Å². The zero-order chi connectivity index (χ0) is 16.2. The molecule has 0 radical (unpaired) electrons. The zero-order valence-electron chi connectivity index (χ0n) is 11.6. The van der Waals surface area contributed by atoms with Crippen LogP contribution in [0.1, 0.15) is 15.9 Å². The second kappa shape index (κ2) is 6.28. The standard InChI is InChI=1S/C15H12N2O4S/c1-21-15(18)13-7-2-3-8-14(13)17-22(19,20)12-6-4-5-11(9-12)10-16/h2-9,17H,1H3. The lowest BCUT2D eigenvalue weighted by atomic mass is 10.2. The minimum atomic E-state index is -3.92. The Hall–Kier alpha value is -2.85. The predicted molar refractivity (Wildman–Crippen MR) is 79.7 cm³/mol. The second-order valence-corrected chi connectivity index (χ2v) is 5.96. The van der Waals surface area contributed by atoms with Crippen molar-refractivity contribution in [2.24, 2.45) is 0 Å². The van der Waals surface area contributed by atoms with Crippen LogP contribution in [-0.4, -0.2) is 21.5 Å². The predicted octanol–water partition coefficient (Wildman–Crippen LogP) is 2.15. The maximum absolute atomic E-state index is 12.4. The number of carbonyl (C=O) groups excluding carboxylic acids is 1. The molecule has 2 aromatic carbocycles. The van der Waals surface area contributed by atoms with Crippen LogP contribution in [0.5, 0.6) is 0 Å². The van der Waals surface area contributed by atoms with Gasteiger partial charge >= 0.3 is 5.97 Å². The van der Waals surface area contributed by atoms with Gasteiger partial charge in [0.25, 0.3) is 10.0 Å². The molecule has 7 heteroatoms. The van der Waals surface area contributed by atoms with Gasteiger partial charge in [-0.3, -0.25) is 4.72 Å². The molecule has 0 aliphatic heterocycles. The normalized spacial score (nSPS) is 10.5. The highest BCUT2D eigenvalue weighted by Crippen LogP contribution is 2.21. The lowest BCUT2D eigenvalue weighted by molar-refractivity contribution is 0.0602. The first-order valence-corrected chi connectivity index (χ1v) is 7.66. The summed E-state index contributed by atoms with van der Waals surface area (Å²) >= 11 is 0. The quantitative estimate of drug-likeness (QED) is 0.872. The summed E-state index contributed by atoms with van der Waals surface area (Å²) in [5.74, 6) is -0.649. The fraction of sp³-hybridized carbons (Fsp3) is 0.0667. The van der Waals surface area contributed by atoms with E-state index in [4.69, 9.17) is 5.26 Å². The number of rotatable bonds is 4. The number of nitrogens with one attached hydrogen (secondary N) is 1. The lowest BCUT2D eigenvalue weighted by Gasteiger charge is -2.11. The number of ether oxygens (including phenoxy) is 1. The Labute approximate surface area is 128 Å². The molecular weight excluding hydrogens is 304 g/mol. The third kappa shape index (κ3) is 3.24. The van der Waals surface area contributed by atoms with Gasteiger partial charge in [-0.15, -0.1) is 0 Å². The average Bonchev–Trinajstić information content (AvgIpc) is 2.54. The minimum absolute atomic E-state index is 0.0637. The van der Waals surface area contributed by atoms with Crippen molar-refractivity contribution >= 4 is 21.7 Å². The number of para-hydroxylation sites is 1. The molecule has 0 aromatic heterocycles. The number of benzene rings is 2. The van der Waals surface area contributed by atoms with Crippen molar-refractivity contribution in [2.75, 3.05) is 11.8 Å². The summed E-state index contributed by atoms with van der Waals surface area (Å²) in [6.45, 7) is 0. The molecule has 0 aliphatic carbocycles. The van der Waals surface area contributed by atoms with Gasteiger partial charge in [0, 0.05) is 0 Å². The number of nitriles is 1. The van der Waals surface area contributed by atoms with Crippen molar-refractivity contribution in [2.45, 2.75) is 4.90 Å². The van der Waals surface area contributed by atoms with Gasteiger partial charge in [-0.1, -0.05) is 18.2 Å². The van der Waals surface area contributed by atoms with Crippen LogP contribution in [0.2, 0.25) is 0 Å². The molecule has 0 atom stereocenters. The third-order valence-corrected chi connectivity index (χ3v) is 4.21. The molecule has 22 heavy (non-hydrogen) atoms. The number of methoxy groups -OCH3 is 1. The molecule has 0 fully saturated rings. The number of carbonyl (C=O) groups is 1. The summed E-state index contributed by atoms with van der Waals surface area (Å²) in [6.07, 6.45) is 0. The molecule has 0 spiro atoms. The number of nitrogens with zero attached hydrogens (tertiary/aromatic N) is 1. The smallest absolute Gasteiger partial charge is 0.339 e. The highest BCUT2D eigenvalue weighted by Gasteiger charge is 2.19. The molecular formula is C15H12N2O4S. The number of hydrogen-bond donors (Lipinski definition) is 1. The van der Waals surface area contributed by atoms with Crippen molar-refractivity contribution in [1.82, 2.24) is 0 Å². The van der Waals surface area contributed by atoms with Gasteiger partial charge in [-0.05, 0) is 30.3 Å². The fourth-order valence-corrected chi connectivity index (χ4v) is 2.92. The van der Waals surface area contributed by atoms with Crippen molar-refractivity contribution in [1.29, 1.82) is 5.26 Å². The molecule has 0 unspecified atom stereocenters. The van der Waals surface area contributed by atoms with E-state index < -0.39 is 16.0 Å². The van der Waals surface area contributed by atoms with Crippen molar-refractivity contribution in [3.63, 3.8) is 0 Å². The average molecular weight is 316 g/mol. The SMILES string of the molecule is COC(=O)c1ccccc1NS(=O)(=O)c1cccc(C#N)c1. The van der Waals surface area contributed by atoms with Gasteiger partial charge in [0.05, 0.1) is 34.9 Å². The van der Waals surface area contributed by atoms with E-state index in [2.05, 4.69) is 9.46 Å². The van der Waals surface area contributed by atoms with Crippen LogP contribution in [-0.2, 0) is 14.8 Å². The first-order valence-electron chi connectivity index (χ1n) is 6.18. The van der Waals surface area contributed by atoms with Crippen molar-refractivity contribution in [3.05, 3.63) is 59.7 Å². The first kappa shape index (κ1) is 15.5. The summed E-state index contributed by atoms with van der Waals surface area (Å²) in [5, 5.41) is 8.84. The van der Waals surface area contributed by atoms with E-state index in [-0.39, 0.29) is 21.7 Å². The van der Waals surface area contributed by atoms with Gasteiger partial charge in [0.15, 0.2) is 0 Å². The summed E-state index contributed by atoms with van der Waals surface area (Å²) in [7, 11) is -2.71. The Morgan fingerprint density at radius 2 is 1.91 bits per heavy atom. The second-order valence-electron chi connectivity index (χ2n) is 4.28. The fourth-order valence-electron chi connectivity index (χ4n) is 1.80. The molecule has 112 valence electrons. The van der Waals surface area contributed by atoms with Gasteiger partial charge < -0.3 is 4.74 Å². The van der Waals surface area contributed by atoms with Gasteiger partial charge in [0.1, 0.15) is 0 Å². The molecule has 0 saturated carbocycles. The van der Waals surface area contributed by atoms with Crippen LogP contribution < -0.4 is 4.72 Å². The third-order valence-electron chi connectivity index (χ3n) is 2.85. The Morgan fingerprint density at radius 3 is 2.59 bits per heavy atom. The molecule has 0 bridgehead atoms. The Bertz CT molecular complexity index is 854. The highest BCUT2D eigenvalue weighted by molar-refractivity contribution is 7.92. The van der Waals surface area contributed by atoms with Crippen LogP contribution in [0.4, 0.5) is 5.69 Å². The monoisotopic (exact) mass is 316 g/mol. The number of esters is 1. The van der Waals surface area contributed by atoms with E-state index in [1.165, 1.54) is 43.5 Å². The molecule has 2 aromatic rings. The van der Waals surface area contributed by atoms with Crippen LogP contribution in [0, 0.1) is 11.3 Å². The summed E-state index contributed by atoms with van der Waals surface area (Å²) in [5.41, 5.74) is 0.436. The van der Waals surface area contributed by atoms with Crippen LogP contribution in [0.15, 0.2) is 53.4 Å². The highest BCUT2D eigenvalue weighted by atomic mass is 32.2. The zero-order valence-corrected chi connectivity index (χ0v) is 12.4. The molecule has 0 saturated heterocycles. The number of sulfonamides is 1. The van der Waals surface area contributed by atoms with Gasteiger partial charge in [-0.2, -0.15) is 5.26 Å². The lowest BCUT2D eigenvalue weighted by Crippen LogP contribution is -2.16. The van der Waals surface area contributed by atoms with E-state index in [0.29, 0.717) is 0 Å². The number of anilines is 1. The molecule has 2 rings (SSSR count). The summed E-state index contributed by atoms with van der Waals surface area (Å²) < 4.78 is 31.7. The molecule has 0 heterocycles. The van der Waals surface area contributed by atoms with Crippen molar-refractivity contribution in [3.8, 4) is 6.07 Å². The van der Waals surface area contributed by atoms with E-state index in [9.17, 15) is 13.2 Å². The van der Waals surface area contributed by atoms with Crippen molar-refractivity contribution < 1.29 is 17.9 Å². The maximum atomic E-state index is 12.4. The largest absolute Gasteiger partial charge is 0.465 e. The molecule has 0 aliphatic rings. The summed E-state index contributed by atoms with van der Waals surface area (Å²) in [6, 6.07) is 13.6. The minimum Gasteiger partial charge on any atom is -0.465 e. The molecule has 0 amide bonds. The Balaban J connectivity index is 2.42. The summed E-state index contributed by atoms with van der Waals surface area (Å²) in [4.78, 5) is 11.6. The Morgan fingerprint density at radius 1 is 1.18 bits per heavy atom. The topological polar surface area (TPSA) is 96.3 Å². The first-order chi connectivity index (χ1) is 10.5. The van der Waals surface area contributed by atoms with Gasteiger partial charge in [0.2, 0.25) is 0 Å². The number of hydrogen-bond acceptors (Lipinski definition) is 5. The van der Waals surface area contributed by atoms with E-state index in [1.807, 2.05) is 6.07 Å². The molecule has 1 N–H and O–H groups in total.